The van der Waals surface area contributed by atoms with E-state index in [1.165, 1.54) is 5.01 Å². The van der Waals surface area contributed by atoms with Crippen LogP contribution in [0.4, 0.5) is 4.79 Å². The molecule has 0 radical (unpaired) electrons. The summed E-state index contributed by atoms with van der Waals surface area (Å²) in [6.45, 7) is 12.2. The summed E-state index contributed by atoms with van der Waals surface area (Å²) in [6.07, 6.45) is 2.16. The third-order valence-corrected chi connectivity index (χ3v) is 6.18. The first-order valence-electron chi connectivity index (χ1n) is 10.2. The average molecular weight is 409 g/mol. The number of ether oxygens (including phenoxy) is 1. The highest BCUT2D eigenvalue weighted by molar-refractivity contribution is 7.09. The van der Waals surface area contributed by atoms with E-state index in [1.807, 2.05) is 25.7 Å². The van der Waals surface area contributed by atoms with E-state index in [-0.39, 0.29) is 18.0 Å². The summed E-state index contributed by atoms with van der Waals surface area (Å²) >= 11 is 1.72. The van der Waals surface area contributed by atoms with Crippen molar-refractivity contribution in [1.82, 2.24) is 19.7 Å². The van der Waals surface area contributed by atoms with Crippen LogP contribution in [-0.4, -0.2) is 76.1 Å². The van der Waals surface area contributed by atoms with Gasteiger partial charge in [-0.3, -0.25) is 14.6 Å². The van der Waals surface area contributed by atoms with E-state index < -0.39 is 5.60 Å². The molecule has 28 heavy (non-hydrogen) atoms. The van der Waals surface area contributed by atoms with E-state index >= 15 is 0 Å². The van der Waals surface area contributed by atoms with Crippen LogP contribution in [0, 0.1) is 0 Å². The molecule has 1 unspecified atom stereocenters. The van der Waals surface area contributed by atoms with Crippen LogP contribution >= 0.6 is 11.3 Å². The van der Waals surface area contributed by atoms with Gasteiger partial charge in [-0.05, 0) is 40.0 Å². The number of carbonyl (C=O) groups excluding carboxylic acids is 2. The number of nitrogens with zero attached hydrogens (tertiary/aromatic N) is 4. The van der Waals surface area contributed by atoms with Crippen molar-refractivity contribution in [3.8, 4) is 0 Å². The monoisotopic (exact) mass is 408 g/mol. The predicted octanol–water partition coefficient (Wildman–Crippen LogP) is 2.75. The summed E-state index contributed by atoms with van der Waals surface area (Å²) in [6, 6.07) is -0.382. The molecule has 0 aromatic carbocycles. The zero-order chi connectivity index (χ0) is 20.3. The van der Waals surface area contributed by atoms with Crippen molar-refractivity contribution in [2.45, 2.75) is 65.1 Å². The highest BCUT2D eigenvalue weighted by Crippen LogP contribution is 2.23. The van der Waals surface area contributed by atoms with Gasteiger partial charge in [0.1, 0.15) is 11.6 Å². The smallest absolute Gasteiger partial charge is 0.410 e. The number of likely N-dealkylation sites (tertiary alicyclic amines) is 1. The van der Waals surface area contributed by atoms with Gasteiger partial charge in [-0.25, -0.2) is 9.78 Å². The molecule has 0 spiro atoms. The molecule has 0 aliphatic carbocycles. The Hall–Kier alpha value is -1.67. The van der Waals surface area contributed by atoms with Crippen LogP contribution in [0.25, 0.3) is 0 Å². The predicted molar refractivity (Wildman–Crippen MR) is 109 cm³/mol. The van der Waals surface area contributed by atoms with Crippen LogP contribution in [0.2, 0.25) is 0 Å². The number of hydrogen-bond acceptors (Lipinski definition) is 6. The quantitative estimate of drug-likeness (QED) is 0.766. The van der Waals surface area contributed by atoms with Crippen LogP contribution in [0.5, 0.6) is 0 Å². The van der Waals surface area contributed by atoms with Crippen molar-refractivity contribution in [2.75, 3.05) is 32.7 Å². The summed E-state index contributed by atoms with van der Waals surface area (Å²) in [5.41, 5.74) is 0.570. The molecule has 2 aliphatic rings. The van der Waals surface area contributed by atoms with E-state index in [0.717, 1.165) is 44.6 Å². The molecule has 3 rings (SSSR count). The maximum absolute atomic E-state index is 13.0. The molecule has 2 aliphatic heterocycles. The molecule has 0 saturated carbocycles. The first-order chi connectivity index (χ1) is 13.3. The largest absolute Gasteiger partial charge is 0.444 e. The number of aryl methyl sites for hydroxylation is 1. The maximum atomic E-state index is 13.0. The zero-order valence-electron chi connectivity index (χ0n) is 17.4. The van der Waals surface area contributed by atoms with Gasteiger partial charge in [0.25, 0.3) is 0 Å². The normalized spacial score (nSPS) is 21.2. The zero-order valence-corrected chi connectivity index (χ0v) is 18.3. The summed E-state index contributed by atoms with van der Waals surface area (Å²) in [7, 11) is 0. The number of carbonyl (C=O) groups is 2. The lowest BCUT2D eigenvalue weighted by molar-refractivity contribution is -0.137. The Morgan fingerprint density at radius 3 is 2.54 bits per heavy atom. The first-order valence-corrected chi connectivity index (χ1v) is 11.1. The Balaban J connectivity index is 1.52. The molecule has 8 heteroatoms. The van der Waals surface area contributed by atoms with Crippen LogP contribution in [-0.2, 0) is 22.5 Å². The molecule has 2 saturated heterocycles. The molecule has 1 aromatic rings. The fraction of sp³-hybridized carbons (Fsp3) is 0.750. The molecule has 0 bridgehead atoms. The van der Waals surface area contributed by atoms with Gasteiger partial charge in [0.15, 0.2) is 0 Å². The van der Waals surface area contributed by atoms with Gasteiger partial charge in [-0.2, -0.15) is 0 Å². The van der Waals surface area contributed by atoms with Crippen LogP contribution in [0.1, 0.15) is 51.2 Å². The first kappa shape index (κ1) is 21.0. The summed E-state index contributed by atoms with van der Waals surface area (Å²) in [5.74, 6) is 0.0601. The molecule has 1 aromatic heterocycles. The lowest BCUT2D eigenvalue weighted by Crippen LogP contribution is -2.54. The minimum atomic E-state index is -0.549. The Morgan fingerprint density at radius 1 is 1.21 bits per heavy atom. The maximum Gasteiger partial charge on any atom is 0.410 e. The molecule has 3 heterocycles. The standard InChI is InChI=1S/C20H32N4O3S/c1-5-17-21-15(14-28-17)13-22-9-11-23(12-10-22)18(25)16-7-6-8-24(16)19(26)27-20(2,3)4/h14,16H,5-13H2,1-4H3. The lowest BCUT2D eigenvalue weighted by atomic mass is 10.1. The van der Waals surface area contributed by atoms with Crippen molar-refractivity contribution in [3.63, 3.8) is 0 Å². The lowest BCUT2D eigenvalue weighted by Gasteiger charge is -2.37. The van der Waals surface area contributed by atoms with Gasteiger partial charge >= 0.3 is 6.09 Å². The molecule has 1 atom stereocenters. The summed E-state index contributed by atoms with van der Waals surface area (Å²) in [5, 5.41) is 3.31. The second-order valence-corrected chi connectivity index (χ2v) is 9.46. The molecular weight excluding hydrogens is 376 g/mol. The molecule has 156 valence electrons. The molecule has 0 N–H and O–H groups in total. The highest BCUT2D eigenvalue weighted by atomic mass is 32.1. The highest BCUT2D eigenvalue weighted by Gasteiger charge is 2.39. The fourth-order valence-corrected chi connectivity index (χ4v) is 4.45. The number of aromatic nitrogens is 1. The van der Waals surface area contributed by atoms with E-state index in [1.54, 1.807) is 16.2 Å². The third-order valence-electron chi connectivity index (χ3n) is 5.14. The number of piperazine rings is 1. The minimum Gasteiger partial charge on any atom is -0.444 e. The third kappa shape index (κ3) is 5.23. The van der Waals surface area contributed by atoms with Crippen molar-refractivity contribution in [3.05, 3.63) is 16.1 Å². The second kappa shape index (κ2) is 8.78. The van der Waals surface area contributed by atoms with E-state index in [9.17, 15) is 9.59 Å². The van der Waals surface area contributed by atoms with Crippen molar-refractivity contribution in [1.29, 1.82) is 0 Å². The van der Waals surface area contributed by atoms with E-state index in [4.69, 9.17) is 4.74 Å². The van der Waals surface area contributed by atoms with Crippen LogP contribution in [0.15, 0.2) is 5.38 Å². The molecule has 7 nitrogen and oxygen atoms in total. The van der Waals surface area contributed by atoms with Crippen molar-refractivity contribution in [2.24, 2.45) is 0 Å². The number of rotatable bonds is 4. The SMILES string of the molecule is CCc1nc(CN2CCN(C(=O)C3CCCN3C(=O)OC(C)(C)C)CC2)cs1. The number of thiazole rings is 1. The fourth-order valence-electron chi connectivity index (χ4n) is 3.71. The van der Waals surface area contributed by atoms with Crippen LogP contribution < -0.4 is 0 Å². The Labute approximate surface area is 171 Å². The summed E-state index contributed by atoms with van der Waals surface area (Å²) < 4.78 is 5.49. The van der Waals surface area contributed by atoms with Gasteiger partial charge < -0.3 is 9.64 Å². The number of hydrogen-bond donors (Lipinski definition) is 0. The van der Waals surface area contributed by atoms with Gasteiger partial charge in [0.2, 0.25) is 5.91 Å². The van der Waals surface area contributed by atoms with Crippen molar-refractivity contribution >= 4 is 23.3 Å². The van der Waals surface area contributed by atoms with E-state index in [0.29, 0.717) is 19.6 Å². The second-order valence-electron chi connectivity index (χ2n) is 8.52. The van der Waals surface area contributed by atoms with E-state index in [2.05, 4.69) is 22.2 Å². The topological polar surface area (TPSA) is 66.0 Å². The molecular formula is C20H32N4O3S. The van der Waals surface area contributed by atoms with Crippen LogP contribution in [0.3, 0.4) is 0 Å². The number of amides is 2. The molecule has 2 fully saturated rings. The Morgan fingerprint density at radius 2 is 1.93 bits per heavy atom. The van der Waals surface area contributed by atoms with Gasteiger partial charge in [0.05, 0.1) is 10.7 Å². The average Bonchev–Trinajstić information content (AvgIpc) is 3.29. The van der Waals surface area contributed by atoms with Crippen molar-refractivity contribution < 1.29 is 14.3 Å². The Kier molecular flexibility index (Phi) is 6.60. The summed E-state index contributed by atoms with van der Waals surface area (Å²) in [4.78, 5) is 36.0. The Bertz CT molecular complexity index is 692. The molecule has 2 amide bonds. The van der Waals surface area contributed by atoms with Gasteiger partial charge in [-0.1, -0.05) is 6.92 Å². The van der Waals surface area contributed by atoms with Gasteiger partial charge in [0, 0.05) is 44.6 Å². The van der Waals surface area contributed by atoms with Gasteiger partial charge in [-0.15, -0.1) is 11.3 Å². The minimum absolute atomic E-state index is 0.0601.